The van der Waals surface area contributed by atoms with E-state index in [4.69, 9.17) is 11.6 Å². The van der Waals surface area contributed by atoms with Crippen LogP contribution in [0.1, 0.15) is 45.0 Å². The maximum absolute atomic E-state index is 6.42. The van der Waals surface area contributed by atoms with Crippen molar-refractivity contribution in [2.75, 3.05) is 6.54 Å². The molecule has 3 nitrogen and oxygen atoms in total. The van der Waals surface area contributed by atoms with Crippen LogP contribution in [0.2, 0.25) is 5.02 Å². The Morgan fingerprint density at radius 1 is 1.44 bits per heavy atom. The molecule has 0 spiro atoms. The molecule has 0 aliphatic heterocycles. The van der Waals surface area contributed by atoms with Gasteiger partial charge in [-0.15, -0.1) is 0 Å². The van der Waals surface area contributed by atoms with Gasteiger partial charge in [-0.1, -0.05) is 25.4 Å². The molecule has 1 unspecified atom stereocenters. The number of nitrogens with one attached hydrogen (secondary N) is 1. The molecule has 1 aliphatic rings. The summed E-state index contributed by atoms with van der Waals surface area (Å²) in [4.78, 5) is 0. The summed E-state index contributed by atoms with van der Waals surface area (Å²) in [5, 5.41) is 9.04. The Morgan fingerprint density at radius 3 is 2.72 bits per heavy atom. The molecule has 4 heteroatoms. The Balaban J connectivity index is 1.99. The molecule has 1 atom stereocenters. The van der Waals surface area contributed by atoms with Crippen LogP contribution >= 0.6 is 11.6 Å². The van der Waals surface area contributed by atoms with Crippen LogP contribution in [-0.4, -0.2) is 22.4 Å². The summed E-state index contributed by atoms with van der Waals surface area (Å²) >= 11 is 6.42. The molecule has 18 heavy (non-hydrogen) atoms. The molecule has 1 saturated carbocycles. The summed E-state index contributed by atoms with van der Waals surface area (Å²) in [6.45, 7) is 8.49. The second kappa shape index (κ2) is 6.07. The van der Waals surface area contributed by atoms with Crippen LogP contribution in [0.15, 0.2) is 0 Å². The van der Waals surface area contributed by atoms with Gasteiger partial charge in [0.25, 0.3) is 0 Å². The van der Waals surface area contributed by atoms with Gasteiger partial charge in [-0.25, -0.2) is 0 Å². The zero-order valence-electron chi connectivity index (χ0n) is 11.7. The van der Waals surface area contributed by atoms with Gasteiger partial charge in [-0.2, -0.15) is 5.10 Å². The molecular formula is C14H24ClN3. The molecule has 102 valence electrons. The standard InChI is InChI=1S/C14H24ClN3/c1-4-12-14(15)13(18(5-2)17-12)8-10(3)9-16-11-6-7-11/h10-11,16H,4-9H2,1-3H3. The van der Waals surface area contributed by atoms with Crippen molar-refractivity contribution >= 4 is 11.6 Å². The third-order valence-electron chi connectivity index (χ3n) is 3.57. The number of aromatic nitrogens is 2. The average molecular weight is 270 g/mol. The molecule has 0 saturated heterocycles. The van der Waals surface area contributed by atoms with E-state index in [1.165, 1.54) is 18.5 Å². The molecule has 2 rings (SSSR count). The van der Waals surface area contributed by atoms with Crippen molar-refractivity contribution < 1.29 is 0 Å². The van der Waals surface area contributed by atoms with Crippen molar-refractivity contribution in [3.8, 4) is 0 Å². The third kappa shape index (κ3) is 3.27. The maximum Gasteiger partial charge on any atom is 0.0849 e. The first-order valence-electron chi connectivity index (χ1n) is 7.13. The molecule has 1 aliphatic carbocycles. The molecular weight excluding hydrogens is 246 g/mol. The Hall–Kier alpha value is -0.540. The minimum Gasteiger partial charge on any atom is -0.314 e. The fraction of sp³-hybridized carbons (Fsp3) is 0.786. The minimum atomic E-state index is 0.606. The largest absolute Gasteiger partial charge is 0.314 e. The smallest absolute Gasteiger partial charge is 0.0849 e. The lowest BCUT2D eigenvalue weighted by molar-refractivity contribution is 0.485. The van der Waals surface area contributed by atoms with E-state index >= 15 is 0 Å². The summed E-state index contributed by atoms with van der Waals surface area (Å²) in [6, 6.07) is 0.783. The first-order valence-corrected chi connectivity index (χ1v) is 7.50. The normalized spacial score (nSPS) is 17.1. The molecule has 0 radical (unpaired) electrons. The van der Waals surface area contributed by atoms with Gasteiger partial charge in [0, 0.05) is 12.6 Å². The van der Waals surface area contributed by atoms with Gasteiger partial charge in [0.1, 0.15) is 0 Å². The number of hydrogen-bond donors (Lipinski definition) is 1. The predicted octanol–water partition coefficient (Wildman–Crippen LogP) is 3.05. The summed E-state index contributed by atoms with van der Waals surface area (Å²) in [5.74, 6) is 0.606. The molecule has 0 bridgehead atoms. The number of halogens is 1. The van der Waals surface area contributed by atoms with Gasteiger partial charge in [0.05, 0.1) is 16.4 Å². The molecule has 0 amide bonds. The van der Waals surface area contributed by atoms with Crippen molar-refractivity contribution in [1.29, 1.82) is 0 Å². The topological polar surface area (TPSA) is 29.9 Å². The van der Waals surface area contributed by atoms with Crippen molar-refractivity contribution in [3.05, 3.63) is 16.4 Å². The zero-order chi connectivity index (χ0) is 13.1. The highest BCUT2D eigenvalue weighted by Gasteiger charge is 2.22. The Morgan fingerprint density at radius 2 is 2.17 bits per heavy atom. The summed E-state index contributed by atoms with van der Waals surface area (Å²) in [7, 11) is 0. The van der Waals surface area contributed by atoms with Crippen molar-refractivity contribution in [3.63, 3.8) is 0 Å². The lowest BCUT2D eigenvalue weighted by Gasteiger charge is -2.13. The minimum absolute atomic E-state index is 0.606. The van der Waals surface area contributed by atoms with Gasteiger partial charge < -0.3 is 5.32 Å². The van der Waals surface area contributed by atoms with Crippen LogP contribution in [0.5, 0.6) is 0 Å². The number of hydrogen-bond acceptors (Lipinski definition) is 2. The lowest BCUT2D eigenvalue weighted by atomic mass is 10.0. The fourth-order valence-electron chi connectivity index (χ4n) is 2.27. The molecule has 0 aromatic carbocycles. The second-order valence-corrected chi connectivity index (χ2v) is 5.75. The predicted molar refractivity (Wildman–Crippen MR) is 76.2 cm³/mol. The van der Waals surface area contributed by atoms with E-state index in [9.17, 15) is 0 Å². The highest BCUT2D eigenvalue weighted by atomic mass is 35.5. The van der Waals surface area contributed by atoms with Crippen LogP contribution in [-0.2, 0) is 19.4 Å². The molecule has 1 N–H and O–H groups in total. The van der Waals surface area contributed by atoms with Gasteiger partial charge in [-0.05, 0) is 45.1 Å². The number of rotatable bonds is 7. The van der Waals surface area contributed by atoms with Crippen LogP contribution in [0, 0.1) is 5.92 Å². The van der Waals surface area contributed by atoms with E-state index in [0.717, 1.165) is 42.7 Å². The van der Waals surface area contributed by atoms with E-state index in [-0.39, 0.29) is 0 Å². The molecule has 1 aromatic heterocycles. The SMILES string of the molecule is CCc1nn(CC)c(CC(C)CNC2CC2)c1Cl. The highest BCUT2D eigenvalue weighted by Crippen LogP contribution is 2.25. The number of aryl methyl sites for hydroxylation is 2. The van der Waals surface area contributed by atoms with E-state index in [1.807, 2.05) is 0 Å². The average Bonchev–Trinajstić information content (AvgIpc) is 3.14. The van der Waals surface area contributed by atoms with Crippen molar-refractivity contribution in [2.24, 2.45) is 5.92 Å². The lowest BCUT2D eigenvalue weighted by Crippen LogP contribution is -2.25. The molecule has 1 heterocycles. The summed E-state index contributed by atoms with van der Waals surface area (Å²) in [6.07, 6.45) is 4.62. The monoisotopic (exact) mass is 269 g/mol. The van der Waals surface area contributed by atoms with E-state index in [1.54, 1.807) is 0 Å². The molecule has 1 aromatic rings. The Kier molecular flexibility index (Phi) is 4.68. The first-order chi connectivity index (χ1) is 8.65. The third-order valence-corrected chi connectivity index (χ3v) is 4.00. The Labute approximate surface area is 115 Å². The van der Waals surface area contributed by atoms with Crippen LogP contribution in [0.25, 0.3) is 0 Å². The van der Waals surface area contributed by atoms with Gasteiger partial charge in [-0.3, -0.25) is 4.68 Å². The van der Waals surface area contributed by atoms with Crippen molar-refractivity contribution in [2.45, 2.75) is 59.0 Å². The summed E-state index contributed by atoms with van der Waals surface area (Å²) < 4.78 is 2.06. The van der Waals surface area contributed by atoms with Crippen LogP contribution < -0.4 is 5.32 Å². The number of nitrogens with zero attached hydrogens (tertiary/aromatic N) is 2. The Bertz CT molecular complexity index is 396. The maximum atomic E-state index is 6.42. The van der Waals surface area contributed by atoms with E-state index < -0.39 is 0 Å². The van der Waals surface area contributed by atoms with E-state index in [2.05, 4.69) is 35.9 Å². The highest BCUT2D eigenvalue weighted by molar-refractivity contribution is 6.31. The van der Waals surface area contributed by atoms with Crippen LogP contribution in [0.4, 0.5) is 0 Å². The van der Waals surface area contributed by atoms with Crippen molar-refractivity contribution in [1.82, 2.24) is 15.1 Å². The fourth-order valence-corrected chi connectivity index (χ4v) is 2.62. The van der Waals surface area contributed by atoms with E-state index in [0.29, 0.717) is 5.92 Å². The van der Waals surface area contributed by atoms with Gasteiger partial charge >= 0.3 is 0 Å². The second-order valence-electron chi connectivity index (χ2n) is 5.37. The quantitative estimate of drug-likeness (QED) is 0.825. The zero-order valence-corrected chi connectivity index (χ0v) is 12.4. The first kappa shape index (κ1) is 13.9. The molecule has 1 fully saturated rings. The van der Waals surface area contributed by atoms with Crippen LogP contribution in [0.3, 0.4) is 0 Å². The van der Waals surface area contributed by atoms with Gasteiger partial charge in [0.15, 0.2) is 0 Å². The summed E-state index contributed by atoms with van der Waals surface area (Å²) in [5.41, 5.74) is 2.25. The van der Waals surface area contributed by atoms with Gasteiger partial charge in [0.2, 0.25) is 0 Å².